The van der Waals surface area contributed by atoms with Gasteiger partial charge in [0.15, 0.2) is 0 Å². The van der Waals surface area contributed by atoms with Crippen LogP contribution in [0.5, 0.6) is 0 Å². The molecule has 0 amide bonds. The molecule has 14 heavy (non-hydrogen) atoms. The summed E-state index contributed by atoms with van der Waals surface area (Å²) in [5, 5.41) is 6.96. The monoisotopic (exact) mass is 273 g/mol. The van der Waals surface area contributed by atoms with Crippen LogP contribution in [-0.4, -0.2) is 16.6 Å². The summed E-state index contributed by atoms with van der Waals surface area (Å²) in [7, 11) is 1.87. The number of furan rings is 1. The first kappa shape index (κ1) is 9.82. The quantitative estimate of drug-likeness (QED) is 0.932. The number of rotatable bonds is 3. The second kappa shape index (κ2) is 4.20. The van der Waals surface area contributed by atoms with Gasteiger partial charge >= 0.3 is 0 Å². The molecule has 0 aromatic carbocycles. The van der Waals surface area contributed by atoms with E-state index in [9.17, 15) is 0 Å². The number of nitrogens with one attached hydrogen (secondary N) is 1. The third-order valence-electron chi connectivity index (χ3n) is 1.86. The van der Waals surface area contributed by atoms with E-state index >= 15 is 0 Å². The van der Waals surface area contributed by atoms with Crippen LogP contribution in [0.25, 0.3) is 0 Å². The SMILES string of the molecule is CNC(c1cnns1)c1occc1Br. The van der Waals surface area contributed by atoms with Gasteiger partial charge < -0.3 is 9.73 Å². The summed E-state index contributed by atoms with van der Waals surface area (Å²) < 4.78 is 10.2. The van der Waals surface area contributed by atoms with Crippen LogP contribution in [0.2, 0.25) is 0 Å². The normalized spacial score (nSPS) is 13.0. The molecule has 2 heterocycles. The van der Waals surface area contributed by atoms with Crippen molar-refractivity contribution in [3.05, 3.63) is 33.6 Å². The molecule has 2 rings (SSSR count). The summed E-state index contributed by atoms with van der Waals surface area (Å²) in [6.45, 7) is 0. The summed E-state index contributed by atoms with van der Waals surface area (Å²) in [4.78, 5) is 1.03. The number of aromatic nitrogens is 2. The molecule has 1 N–H and O–H groups in total. The Morgan fingerprint density at radius 2 is 2.50 bits per heavy atom. The predicted octanol–water partition coefficient (Wildman–Crippen LogP) is 2.20. The van der Waals surface area contributed by atoms with E-state index in [0.29, 0.717) is 0 Å². The van der Waals surface area contributed by atoms with E-state index in [2.05, 4.69) is 30.8 Å². The fourth-order valence-corrected chi connectivity index (χ4v) is 2.26. The van der Waals surface area contributed by atoms with Gasteiger partial charge in [-0.3, -0.25) is 0 Å². The molecule has 0 saturated heterocycles. The third-order valence-corrected chi connectivity index (χ3v) is 3.24. The molecular weight excluding hydrogens is 266 g/mol. The number of hydrogen-bond acceptors (Lipinski definition) is 5. The van der Waals surface area contributed by atoms with E-state index in [4.69, 9.17) is 4.42 Å². The Morgan fingerprint density at radius 1 is 1.64 bits per heavy atom. The molecule has 0 aliphatic rings. The van der Waals surface area contributed by atoms with Crippen LogP contribution in [0.4, 0.5) is 0 Å². The van der Waals surface area contributed by atoms with Crippen LogP contribution in [0.3, 0.4) is 0 Å². The van der Waals surface area contributed by atoms with Crippen LogP contribution in [-0.2, 0) is 0 Å². The van der Waals surface area contributed by atoms with Gasteiger partial charge in [-0.05, 0) is 40.6 Å². The third kappa shape index (κ3) is 1.73. The standard InChI is InChI=1S/C8H8BrN3OS/c1-10-7(6-4-11-12-14-6)8-5(9)2-3-13-8/h2-4,7,10H,1H3. The maximum atomic E-state index is 5.38. The summed E-state index contributed by atoms with van der Waals surface area (Å²) in [6.07, 6.45) is 3.39. The first-order valence-electron chi connectivity index (χ1n) is 4.00. The van der Waals surface area contributed by atoms with Crippen molar-refractivity contribution in [1.82, 2.24) is 14.9 Å². The zero-order valence-electron chi connectivity index (χ0n) is 7.40. The highest BCUT2D eigenvalue weighted by molar-refractivity contribution is 9.10. The summed E-state index contributed by atoms with van der Waals surface area (Å²) in [5.41, 5.74) is 0. The van der Waals surface area contributed by atoms with Gasteiger partial charge in [-0.25, -0.2) is 0 Å². The fraction of sp³-hybridized carbons (Fsp3) is 0.250. The van der Waals surface area contributed by atoms with Crippen molar-refractivity contribution in [2.75, 3.05) is 7.05 Å². The van der Waals surface area contributed by atoms with Gasteiger partial charge in [0.2, 0.25) is 0 Å². The molecule has 0 aliphatic carbocycles. The van der Waals surface area contributed by atoms with E-state index in [0.717, 1.165) is 15.1 Å². The van der Waals surface area contributed by atoms with Gasteiger partial charge in [-0.2, -0.15) is 0 Å². The Hall–Kier alpha value is -0.720. The lowest BCUT2D eigenvalue weighted by Crippen LogP contribution is -2.16. The van der Waals surface area contributed by atoms with Crippen molar-refractivity contribution in [3.8, 4) is 0 Å². The van der Waals surface area contributed by atoms with Gasteiger partial charge in [-0.15, -0.1) is 5.10 Å². The molecule has 2 aromatic heterocycles. The average molecular weight is 274 g/mol. The van der Waals surface area contributed by atoms with E-state index in [1.54, 1.807) is 12.5 Å². The van der Waals surface area contributed by atoms with E-state index in [-0.39, 0.29) is 6.04 Å². The minimum atomic E-state index is 0.0133. The van der Waals surface area contributed by atoms with E-state index < -0.39 is 0 Å². The summed E-state index contributed by atoms with van der Waals surface area (Å²) >= 11 is 4.78. The molecule has 74 valence electrons. The Kier molecular flexibility index (Phi) is 2.95. The van der Waals surface area contributed by atoms with Gasteiger partial charge in [0.1, 0.15) is 11.8 Å². The molecule has 1 unspecified atom stereocenters. The second-order valence-corrected chi connectivity index (χ2v) is 4.35. The highest BCUT2D eigenvalue weighted by atomic mass is 79.9. The van der Waals surface area contributed by atoms with Crippen molar-refractivity contribution in [2.24, 2.45) is 0 Å². The van der Waals surface area contributed by atoms with E-state index in [1.807, 2.05) is 13.1 Å². The highest BCUT2D eigenvalue weighted by Gasteiger charge is 2.19. The molecule has 4 nitrogen and oxygen atoms in total. The summed E-state index contributed by atoms with van der Waals surface area (Å²) in [5.74, 6) is 0.846. The largest absolute Gasteiger partial charge is 0.466 e. The zero-order chi connectivity index (χ0) is 9.97. The molecule has 0 aliphatic heterocycles. The van der Waals surface area contributed by atoms with Gasteiger partial charge in [0, 0.05) is 0 Å². The van der Waals surface area contributed by atoms with Crippen molar-refractivity contribution in [3.63, 3.8) is 0 Å². The number of nitrogens with zero attached hydrogens (tertiary/aromatic N) is 2. The molecule has 2 aromatic rings. The van der Waals surface area contributed by atoms with Crippen LogP contribution in [0.1, 0.15) is 16.7 Å². The number of halogens is 1. The smallest absolute Gasteiger partial charge is 0.140 e. The van der Waals surface area contributed by atoms with E-state index in [1.165, 1.54) is 11.5 Å². The Morgan fingerprint density at radius 3 is 3.00 bits per heavy atom. The molecular formula is C8H8BrN3OS. The molecule has 6 heteroatoms. The Labute approximate surface area is 93.6 Å². The predicted molar refractivity (Wildman–Crippen MR) is 57.2 cm³/mol. The molecule has 0 bridgehead atoms. The molecule has 0 fully saturated rings. The molecule has 0 radical (unpaired) electrons. The van der Waals surface area contributed by atoms with Crippen molar-refractivity contribution in [1.29, 1.82) is 0 Å². The van der Waals surface area contributed by atoms with Gasteiger partial charge in [0.05, 0.1) is 21.8 Å². The molecule has 0 spiro atoms. The first-order valence-corrected chi connectivity index (χ1v) is 5.57. The number of hydrogen-bond donors (Lipinski definition) is 1. The van der Waals surface area contributed by atoms with Gasteiger partial charge in [0.25, 0.3) is 0 Å². The molecule has 0 saturated carbocycles. The first-order chi connectivity index (χ1) is 6.83. The van der Waals surface area contributed by atoms with Crippen molar-refractivity contribution in [2.45, 2.75) is 6.04 Å². The van der Waals surface area contributed by atoms with Crippen molar-refractivity contribution >= 4 is 27.5 Å². The molecule has 1 atom stereocenters. The van der Waals surface area contributed by atoms with Crippen LogP contribution < -0.4 is 5.32 Å². The van der Waals surface area contributed by atoms with Crippen LogP contribution in [0, 0.1) is 0 Å². The minimum absolute atomic E-state index is 0.0133. The fourth-order valence-electron chi connectivity index (χ4n) is 1.22. The Bertz CT molecular complexity index is 400. The highest BCUT2D eigenvalue weighted by Crippen LogP contribution is 2.30. The maximum Gasteiger partial charge on any atom is 0.140 e. The average Bonchev–Trinajstić information content (AvgIpc) is 2.80. The van der Waals surface area contributed by atoms with Crippen LogP contribution >= 0.6 is 27.5 Å². The van der Waals surface area contributed by atoms with Crippen molar-refractivity contribution < 1.29 is 4.42 Å². The summed E-state index contributed by atoms with van der Waals surface area (Å²) in [6, 6.07) is 1.88. The topological polar surface area (TPSA) is 51.0 Å². The lowest BCUT2D eigenvalue weighted by molar-refractivity contribution is 0.463. The minimum Gasteiger partial charge on any atom is -0.466 e. The van der Waals surface area contributed by atoms with Crippen LogP contribution in [0.15, 0.2) is 27.4 Å². The maximum absolute atomic E-state index is 5.38. The zero-order valence-corrected chi connectivity index (χ0v) is 9.80. The lowest BCUT2D eigenvalue weighted by Gasteiger charge is -2.10. The van der Waals surface area contributed by atoms with Gasteiger partial charge in [-0.1, -0.05) is 4.49 Å². The second-order valence-electron chi connectivity index (χ2n) is 2.67. The Balaban J connectivity index is 2.36. The lowest BCUT2D eigenvalue weighted by atomic mass is 10.2.